The van der Waals surface area contributed by atoms with E-state index in [0.29, 0.717) is 17.5 Å². The van der Waals surface area contributed by atoms with Gasteiger partial charge >= 0.3 is 6.16 Å². The van der Waals surface area contributed by atoms with E-state index in [9.17, 15) is 4.79 Å². The molecule has 6 heteroatoms. The molecule has 3 aromatic carbocycles. The van der Waals surface area contributed by atoms with Crippen molar-refractivity contribution in [2.45, 2.75) is 31.8 Å². The van der Waals surface area contributed by atoms with Crippen LogP contribution >= 0.6 is 0 Å². The number of nitrogens with zero attached hydrogens (tertiary/aromatic N) is 1. The minimum Gasteiger partial charge on any atom is -0.493 e. The van der Waals surface area contributed by atoms with Gasteiger partial charge in [0.25, 0.3) is 0 Å². The van der Waals surface area contributed by atoms with Gasteiger partial charge < -0.3 is 18.9 Å². The zero-order valence-electron chi connectivity index (χ0n) is 17.5. The number of rotatable bonds is 3. The van der Waals surface area contributed by atoms with Crippen molar-refractivity contribution in [3.63, 3.8) is 0 Å². The van der Waals surface area contributed by atoms with Crippen LogP contribution < -0.4 is 14.2 Å². The van der Waals surface area contributed by atoms with E-state index >= 15 is 0 Å². The zero-order valence-corrected chi connectivity index (χ0v) is 17.5. The van der Waals surface area contributed by atoms with Crippen LogP contribution in [0.5, 0.6) is 17.2 Å². The van der Waals surface area contributed by atoms with Gasteiger partial charge in [0.1, 0.15) is 5.75 Å². The molecule has 0 spiro atoms. The van der Waals surface area contributed by atoms with Crippen molar-refractivity contribution >= 4 is 27.7 Å². The second-order valence-electron chi connectivity index (χ2n) is 7.94. The highest BCUT2D eigenvalue weighted by Gasteiger charge is 2.32. The van der Waals surface area contributed by atoms with Crippen molar-refractivity contribution in [1.82, 2.24) is 4.90 Å². The lowest BCUT2D eigenvalue weighted by Gasteiger charge is -2.33. The molecule has 2 heterocycles. The van der Waals surface area contributed by atoms with Gasteiger partial charge in [-0.2, -0.15) is 0 Å². The molecule has 0 radical (unpaired) electrons. The fourth-order valence-corrected chi connectivity index (χ4v) is 5.07. The molecule has 1 saturated heterocycles. The van der Waals surface area contributed by atoms with Crippen molar-refractivity contribution in [2.75, 3.05) is 27.9 Å². The number of hydrogen-bond acceptors (Lipinski definition) is 6. The largest absolute Gasteiger partial charge is 0.513 e. The second kappa shape index (κ2) is 7.36. The molecule has 0 saturated carbocycles. The number of hydrogen-bond donors (Lipinski definition) is 0. The Morgan fingerprint density at radius 2 is 1.67 bits per heavy atom. The van der Waals surface area contributed by atoms with E-state index in [1.165, 1.54) is 36.5 Å². The minimum absolute atomic E-state index is 0.462. The van der Waals surface area contributed by atoms with Gasteiger partial charge in [0.15, 0.2) is 11.5 Å². The molecule has 5 rings (SSSR count). The van der Waals surface area contributed by atoms with Crippen LogP contribution in [-0.4, -0.2) is 45.0 Å². The van der Waals surface area contributed by atoms with Gasteiger partial charge in [0, 0.05) is 12.6 Å². The quantitative estimate of drug-likeness (QED) is 0.357. The highest BCUT2D eigenvalue weighted by Crippen LogP contribution is 2.44. The molecule has 0 aromatic heterocycles. The summed E-state index contributed by atoms with van der Waals surface area (Å²) in [6.07, 6.45) is 2.81. The maximum atomic E-state index is 11.6. The van der Waals surface area contributed by atoms with Crippen molar-refractivity contribution in [3.8, 4) is 17.2 Å². The highest BCUT2D eigenvalue weighted by molar-refractivity contribution is 6.12. The van der Waals surface area contributed by atoms with Gasteiger partial charge in [-0.25, -0.2) is 4.79 Å². The molecule has 1 fully saturated rings. The van der Waals surface area contributed by atoms with E-state index in [1.807, 2.05) is 18.2 Å². The smallest absolute Gasteiger partial charge is 0.493 e. The fourth-order valence-electron chi connectivity index (χ4n) is 5.07. The van der Waals surface area contributed by atoms with E-state index in [-0.39, 0.29) is 0 Å². The lowest BCUT2D eigenvalue weighted by atomic mass is 9.85. The average Bonchev–Trinajstić information content (AvgIpc) is 3.24. The predicted octanol–water partition coefficient (Wildman–Crippen LogP) is 4.68. The highest BCUT2D eigenvalue weighted by atomic mass is 16.7. The molecule has 1 atom stereocenters. The molecule has 0 unspecified atom stereocenters. The number of benzene rings is 3. The lowest BCUT2D eigenvalue weighted by Crippen LogP contribution is -2.35. The van der Waals surface area contributed by atoms with Crippen LogP contribution in [-0.2, 0) is 17.7 Å². The first-order valence-electron chi connectivity index (χ1n) is 10.3. The minimum atomic E-state index is -0.725. The molecular formula is C24H25NO5. The molecule has 0 amide bonds. The molecule has 2 aliphatic rings. The van der Waals surface area contributed by atoms with E-state index in [0.717, 1.165) is 41.4 Å². The first kappa shape index (κ1) is 19.0. The Morgan fingerprint density at radius 1 is 0.933 bits per heavy atom. The van der Waals surface area contributed by atoms with E-state index in [4.69, 9.17) is 14.2 Å². The van der Waals surface area contributed by atoms with Crippen LogP contribution in [0.4, 0.5) is 4.79 Å². The first-order chi connectivity index (χ1) is 14.6. The van der Waals surface area contributed by atoms with E-state index in [1.54, 1.807) is 14.2 Å². The standard InChI is InChI=1S/C24H25NO5/c1-27-22-11-19-18-10-15(30-24(26)29-3)6-7-16(18)17-9-14-5-4-8-25(14)13-21(17)20(19)12-23(22)28-2/h6-7,10-12,14H,4-5,8-9,13H2,1-3H3/t14-/m0/s1. The number of fused-ring (bicyclic) bond motifs is 7. The molecule has 30 heavy (non-hydrogen) atoms. The average molecular weight is 407 g/mol. The Bertz CT molecular complexity index is 1160. The Balaban J connectivity index is 1.80. The second-order valence-corrected chi connectivity index (χ2v) is 7.94. The molecule has 0 aliphatic carbocycles. The Morgan fingerprint density at radius 3 is 2.40 bits per heavy atom. The molecule has 3 aromatic rings. The van der Waals surface area contributed by atoms with Crippen molar-refractivity contribution < 1.29 is 23.7 Å². The van der Waals surface area contributed by atoms with Gasteiger partial charge in [-0.15, -0.1) is 0 Å². The summed E-state index contributed by atoms with van der Waals surface area (Å²) in [5.41, 5.74) is 2.75. The third-order valence-corrected chi connectivity index (χ3v) is 6.49. The number of carbonyl (C=O) groups is 1. The molecule has 0 bridgehead atoms. The van der Waals surface area contributed by atoms with Crippen LogP contribution in [0.2, 0.25) is 0 Å². The van der Waals surface area contributed by atoms with Gasteiger partial charge in [-0.3, -0.25) is 4.90 Å². The monoisotopic (exact) mass is 407 g/mol. The van der Waals surface area contributed by atoms with Crippen molar-refractivity contribution in [3.05, 3.63) is 41.5 Å². The molecule has 2 aliphatic heterocycles. The Hall–Kier alpha value is -2.99. The summed E-state index contributed by atoms with van der Waals surface area (Å²) in [6, 6.07) is 10.5. The zero-order chi connectivity index (χ0) is 20.8. The fraction of sp³-hybridized carbons (Fsp3) is 0.375. The molecular weight excluding hydrogens is 382 g/mol. The van der Waals surface area contributed by atoms with Crippen LogP contribution in [0.15, 0.2) is 30.3 Å². The van der Waals surface area contributed by atoms with E-state index in [2.05, 4.69) is 21.8 Å². The van der Waals surface area contributed by atoms with Crippen LogP contribution in [0.1, 0.15) is 24.0 Å². The Labute approximate surface area is 175 Å². The Kier molecular flexibility index (Phi) is 4.66. The molecule has 6 nitrogen and oxygen atoms in total. The summed E-state index contributed by atoms with van der Waals surface area (Å²) < 4.78 is 21.1. The van der Waals surface area contributed by atoms with Crippen LogP contribution in [0.25, 0.3) is 21.5 Å². The van der Waals surface area contributed by atoms with Crippen molar-refractivity contribution in [2.24, 2.45) is 0 Å². The molecule has 0 N–H and O–H groups in total. The lowest BCUT2D eigenvalue weighted by molar-refractivity contribution is 0.121. The third kappa shape index (κ3) is 2.94. The third-order valence-electron chi connectivity index (χ3n) is 6.49. The maximum absolute atomic E-state index is 11.6. The summed E-state index contributed by atoms with van der Waals surface area (Å²) in [6.45, 7) is 2.10. The SMILES string of the molecule is COC(=O)Oc1ccc2c3c(c4cc(OC)c(OC)cc4c2c1)CN1CCC[C@H]1C3. The maximum Gasteiger partial charge on any atom is 0.513 e. The van der Waals surface area contributed by atoms with Crippen LogP contribution in [0.3, 0.4) is 0 Å². The van der Waals surface area contributed by atoms with Gasteiger partial charge in [0.2, 0.25) is 0 Å². The summed E-state index contributed by atoms with van der Waals surface area (Å²) in [7, 11) is 4.61. The summed E-state index contributed by atoms with van der Waals surface area (Å²) >= 11 is 0. The van der Waals surface area contributed by atoms with E-state index < -0.39 is 6.16 Å². The molecule has 156 valence electrons. The number of methoxy groups -OCH3 is 3. The summed E-state index contributed by atoms with van der Waals surface area (Å²) in [4.78, 5) is 14.2. The number of carbonyl (C=O) groups excluding carboxylic acids is 1. The van der Waals surface area contributed by atoms with Gasteiger partial charge in [0.05, 0.1) is 21.3 Å². The summed E-state index contributed by atoms with van der Waals surface area (Å²) in [5, 5.41) is 4.47. The number of ether oxygens (including phenoxy) is 4. The van der Waals surface area contributed by atoms with Gasteiger partial charge in [-0.05, 0) is 82.7 Å². The van der Waals surface area contributed by atoms with Gasteiger partial charge in [-0.1, -0.05) is 6.07 Å². The summed E-state index contributed by atoms with van der Waals surface area (Å²) in [5.74, 6) is 1.86. The topological polar surface area (TPSA) is 57.2 Å². The van der Waals surface area contributed by atoms with Crippen molar-refractivity contribution in [1.29, 1.82) is 0 Å². The first-order valence-corrected chi connectivity index (χ1v) is 10.3. The normalized spacial score (nSPS) is 18.2. The predicted molar refractivity (Wildman–Crippen MR) is 115 cm³/mol. The van der Waals surface area contributed by atoms with Crippen LogP contribution in [0, 0.1) is 0 Å².